The topological polar surface area (TPSA) is 88.1 Å². The van der Waals surface area contributed by atoms with Crippen LogP contribution in [0, 0.1) is 10.8 Å². The molecule has 0 saturated carbocycles. The molecule has 0 bridgehead atoms. The number of methoxy groups -OCH3 is 1. The van der Waals surface area contributed by atoms with Gasteiger partial charge in [0, 0.05) is 11.1 Å². The minimum atomic E-state index is -0.702. The number of hydrogen-bond acceptors (Lipinski definition) is 7. The predicted octanol–water partition coefficient (Wildman–Crippen LogP) is 6.85. The molecule has 2 rings (SSSR count). The van der Waals surface area contributed by atoms with E-state index < -0.39 is 10.8 Å². The average Bonchev–Trinajstić information content (AvgIpc) is 2.85. The van der Waals surface area contributed by atoms with Gasteiger partial charge in [-0.25, -0.2) is 0 Å². The number of benzene rings is 2. The summed E-state index contributed by atoms with van der Waals surface area (Å²) in [5.41, 5.74) is 0.485. The molecule has 0 radical (unpaired) electrons. The third-order valence-corrected chi connectivity index (χ3v) is 5.51. The SMILES string of the molecule is CCCOc1c(C=CC(=O)c2ccc(OC(=O)C(C)(C)C)cc2)cc(CC)c(OC(=O)C(C)(C)C)c1OC. The maximum Gasteiger partial charge on any atom is 0.316 e. The summed E-state index contributed by atoms with van der Waals surface area (Å²) < 4.78 is 22.8. The Morgan fingerprint density at radius 2 is 1.39 bits per heavy atom. The predicted molar refractivity (Wildman–Crippen MR) is 148 cm³/mol. The Bertz CT molecular complexity index is 1180. The van der Waals surface area contributed by atoms with Crippen molar-refractivity contribution >= 4 is 23.8 Å². The Hall–Kier alpha value is -3.61. The summed E-state index contributed by atoms with van der Waals surface area (Å²) in [4.78, 5) is 37.7. The van der Waals surface area contributed by atoms with E-state index in [1.807, 2.05) is 19.9 Å². The van der Waals surface area contributed by atoms with Crippen LogP contribution in [0.25, 0.3) is 6.08 Å². The van der Waals surface area contributed by atoms with E-state index >= 15 is 0 Å². The van der Waals surface area contributed by atoms with Crippen molar-refractivity contribution in [2.45, 2.75) is 68.2 Å². The van der Waals surface area contributed by atoms with E-state index in [4.69, 9.17) is 18.9 Å². The lowest BCUT2D eigenvalue weighted by molar-refractivity contribution is -0.143. The number of aryl methyl sites for hydroxylation is 1. The van der Waals surface area contributed by atoms with Gasteiger partial charge in [-0.3, -0.25) is 14.4 Å². The summed E-state index contributed by atoms with van der Waals surface area (Å²) in [5.74, 6) is 0.434. The first-order chi connectivity index (χ1) is 17.7. The van der Waals surface area contributed by atoms with Gasteiger partial charge < -0.3 is 18.9 Å². The van der Waals surface area contributed by atoms with E-state index in [1.54, 1.807) is 71.9 Å². The zero-order valence-corrected chi connectivity index (χ0v) is 24.0. The van der Waals surface area contributed by atoms with Gasteiger partial charge in [0.05, 0.1) is 24.5 Å². The van der Waals surface area contributed by atoms with Crippen LogP contribution in [0.3, 0.4) is 0 Å². The summed E-state index contributed by atoms with van der Waals surface area (Å²) in [7, 11) is 1.49. The lowest BCUT2D eigenvalue weighted by Crippen LogP contribution is -2.26. The second-order valence-electron chi connectivity index (χ2n) is 11.0. The van der Waals surface area contributed by atoms with Crippen LogP contribution in [0.2, 0.25) is 0 Å². The molecule has 0 saturated heterocycles. The number of carbonyl (C=O) groups is 3. The number of hydrogen-bond donors (Lipinski definition) is 0. The molecular formula is C31H40O7. The summed E-state index contributed by atoms with van der Waals surface area (Å²) >= 11 is 0. The third kappa shape index (κ3) is 7.94. The number of ether oxygens (including phenoxy) is 4. The molecule has 7 heteroatoms. The van der Waals surface area contributed by atoms with E-state index in [9.17, 15) is 14.4 Å². The number of ketones is 1. The van der Waals surface area contributed by atoms with Crippen molar-refractivity contribution in [1.29, 1.82) is 0 Å². The van der Waals surface area contributed by atoms with E-state index in [0.717, 1.165) is 12.0 Å². The van der Waals surface area contributed by atoms with Crippen molar-refractivity contribution in [2.24, 2.45) is 10.8 Å². The minimum Gasteiger partial charge on any atom is -0.490 e. The molecule has 0 heterocycles. The fourth-order valence-electron chi connectivity index (χ4n) is 3.19. The first kappa shape index (κ1) is 30.6. The Labute approximate surface area is 226 Å². The van der Waals surface area contributed by atoms with Crippen LogP contribution in [-0.2, 0) is 16.0 Å². The Morgan fingerprint density at radius 3 is 1.89 bits per heavy atom. The molecule has 2 aromatic carbocycles. The monoisotopic (exact) mass is 524 g/mol. The Balaban J connectivity index is 2.42. The van der Waals surface area contributed by atoms with E-state index in [-0.39, 0.29) is 17.7 Å². The molecule has 0 spiro atoms. The Kier molecular flexibility index (Phi) is 10.3. The third-order valence-electron chi connectivity index (χ3n) is 5.51. The molecule has 0 aliphatic rings. The molecule has 0 amide bonds. The van der Waals surface area contributed by atoms with Gasteiger partial charge in [0.25, 0.3) is 0 Å². The molecular weight excluding hydrogens is 484 g/mol. The van der Waals surface area contributed by atoms with Crippen molar-refractivity contribution in [2.75, 3.05) is 13.7 Å². The first-order valence-corrected chi connectivity index (χ1v) is 12.9. The second kappa shape index (κ2) is 12.8. The molecule has 2 aromatic rings. The maximum absolute atomic E-state index is 12.9. The van der Waals surface area contributed by atoms with Crippen LogP contribution in [-0.4, -0.2) is 31.4 Å². The number of carbonyl (C=O) groups excluding carboxylic acids is 3. The van der Waals surface area contributed by atoms with Gasteiger partial charge >= 0.3 is 11.9 Å². The molecule has 0 aliphatic heterocycles. The molecule has 0 atom stereocenters. The van der Waals surface area contributed by atoms with Gasteiger partial charge in [-0.05, 0) is 102 Å². The second-order valence-corrected chi connectivity index (χ2v) is 11.0. The molecule has 0 aliphatic carbocycles. The van der Waals surface area contributed by atoms with Crippen LogP contribution >= 0.6 is 0 Å². The van der Waals surface area contributed by atoms with Crippen LogP contribution in [0.1, 0.15) is 83.3 Å². The molecule has 0 N–H and O–H groups in total. The molecule has 0 aromatic heterocycles. The average molecular weight is 525 g/mol. The highest BCUT2D eigenvalue weighted by atomic mass is 16.6. The van der Waals surface area contributed by atoms with Crippen molar-refractivity contribution in [3.63, 3.8) is 0 Å². The smallest absolute Gasteiger partial charge is 0.316 e. The van der Waals surface area contributed by atoms with Gasteiger partial charge in [0.2, 0.25) is 5.75 Å². The first-order valence-electron chi connectivity index (χ1n) is 12.9. The zero-order valence-electron chi connectivity index (χ0n) is 24.0. The standard InChI is InChI=1S/C31H40O7/c1-10-18-36-25-22(19-20(11-2)26(27(25)35-9)38-29(34)31(6,7)8)14-17-24(32)21-12-15-23(16-13-21)37-28(33)30(3,4)5/h12-17,19H,10-11,18H2,1-9H3. The van der Waals surface area contributed by atoms with Gasteiger partial charge in [-0.1, -0.05) is 13.8 Å². The van der Waals surface area contributed by atoms with Crippen LogP contribution < -0.4 is 18.9 Å². The summed E-state index contributed by atoms with van der Waals surface area (Å²) in [6.07, 6.45) is 4.44. The van der Waals surface area contributed by atoms with Crippen LogP contribution in [0.15, 0.2) is 36.4 Å². The van der Waals surface area contributed by atoms with Crippen LogP contribution in [0.5, 0.6) is 23.0 Å². The van der Waals surface area contributed by atoms with Crippen LogP contribution in [0.4, 0.5) is 0 Å². The van der Waals surface area contributed by atoms with Gasteiger partial charge in [-0.15, -0.1) is 0 Å². The fourth-order valence-corrected chi connectivity index (χ4v) is 3.19. The molecule has 0 fully saturated rings. The van der Waals surface area contributed by atoms with Crippen molar-refractivity contribution in [3.05, 3.63) is 53.1 Å². The van der Waals surface area contributed by atoms with Crippen molar-refractivity contribution in [3.8, 4) is 23.0 Å². The van der Waals surface area contributed by atoms with Gasteiger partial charge in [-0.2, -0.15) is 0 Å². The quantitative estimate of drug-likeness (QED) is 0.145. The van der Waals surface area contributed by atoms with E-state index in [2.05, 4.69) is 0 Å². The largest absolute Gasteiger partial charge is 0.490 e. The lowest BCUT2D eigenvalue weighted by atomic mass is 9.97. The molecule has 206 valence electrons. The Morgan fingerprint density at radius 1 is 0.816 bits per heavy atom. The lowest BCUT2D eigenvalue weighted by Gasteiger charge is -2.22. The highest BCUT2D eigenvalue weighted by Gasteiger charge is 2.28. The molecule has 38 heavy (non-hydrogen) atoms. The summed E-state index contributed by atoms with van der Waals surface area (Å²) in [6, 6.07) is 8.25. The summed E-state index contributed by atoms with van der Waals surface area (Å²) in [5, 5.41) is 0. The molecule has 0 unspecified atom stereocenters. The maximum atomic E-state index is 12.9. The van der Waals surface area contributed by atoms with Crippen molar-refractivity contribution in [1.82, 2.24) is 0 Å². The summed E-state index contributed by atoms with van der Waals surface area (Å²) in [6.45, 7) is 15.0. The fraction of sp³-hybridized carbons (Fsp3) is 0.452. The number of rotatable bonds is 10. The number of allylic oxidation sites excluding steroid dienone is 1. The van der Waals surface area contributed by atoms with Crippen molar-refractivity contribution < 1.29 is 33.3 Å². The van der Waals surface area contributed by atoms with Gasteiger partial charge in [0.15, 0.2) is 17.3 Å². The normalized spacial score (nSPS) is 11.8. The zero-order chi connectivity index (χ0) is 28.7. The van der Waals surface area contributed by atoms with E-state index in [0.29, 0.717) is 47.2 Å². The highest BCUT2D eigenvalue weighted by molar-refractivity contribution is 6.07. The highest BCUT2D eigenvalue weighted by Crippen LogP contribution is 2.44. The van der Waals surface area contributed by atoms with Gasteiger partial charge in [0.1, 0.15) is 5.75 Å². The molecule has 7 nitrogen and oxygen atoms in total. The minimum absolute atomic E-state index is 0.236. The number of esters is 2. The van der Waals surface area contributed by atoms with E-state index in [1.165, 1.54) is 13.2 Å².